The van der Waals surface area contributed by atoms with E-state index in [0.717, 1.165) is 15.9 Å². The van der Waals surface area contributed by atoms with Gasteiger partial charge >= 0.3 is 0 Å². The van der Waals surface area contributed by atoms with Gasteiger partial charge in [-0.3, -0.25) is 4.79 Å². The van der Waals surface area contributed by atoms with Gasteiger partial charge in [-0.2, -0.15) is 0 Å². The fourth-order valence-electron chi connectivity index (χ4n) is 1.34. The average Bonchev–Trinajstić information content (AvgIpc) is 2.62. The normalized spacial score (nSPS) is 10.7. The highest BCUT2D eigenvalue weighted by Crippen LogP contribution is 2.34. The smallest absolute Gasteiger partial charge is 0.198 e. The summed E-state index contributed by atoms with van der Waals surface area (Å²) in [6.07, 6.45) is 0. The number of ketones is 1. The molecule has 7 heteroatoms. The molecule has 0 aliphatic rings. The summed E-state index contributed by atoms with van der Waals surface area (Å²) in [6, 6.07) is 3.40. The van der Waals surface area contributed by atoms with E-state index in [1.165, 1.54) is 11.3 Å². The van der Waals surface area contributed by atoms with Gasteiger partial charge in [0.2, 0.25) is 0 Å². The van der Waals surface area contributed by atoms with Crippen LogP contribution in [0.4, 0.5) is 8.78 Å². The van der Waals surface area contributed by atoms with Crippen molar-refractivity contribution in [1.82, 2.24) is 0 Å². The highest BCUT2D eigenvalue weighted by atomic mass is 79.9. The molecule has 0 atom stereocenters. The van der Waals surface area contributed by atoms with Crippen LogP contribution in [0.25, 0.3) is 0 Å². The third kappa shape index (κ3) is 2.74. The first-order chi connectivity index (χ1) is 8.40. The van der Waals surface area contributed by atoms with E-state index in [1.807, 2.05) is 0 Å². The van der Waals surface area contributed by atoms with Gasteiger partial charge in [0, 0.05) is 5.56 Å². The van der Waals surface area contributed by atoms with Gasteiger partial charge in [0.25, 0.3) is 0 Å². The van der Waals surface area contributed by atoms with Crippen LogP contribution < -0.4 is 0 Å². The molecule has 0 aliphatic carbocycles. The molecule has 18 heavy (non-hydrogen) atoms. The molecule has 2 rings (SSSR count). The number of benzene rings is 1. The minimum Gasteiger partial charge on any atom is -0.288 e. The van der Waals surface area contributed by atoms with Crippen LogP contribution in [0.3, 0.4) is 0 Å². The predicted molar refractivity (Wildman–Crippen MR) is 77.2 cm³/mol. The van der Waals surface area contributed by atoms with Crippen molar-refractivity contribution >= 4 is 64.9 Å². The molecule has 0 bridgehead atoms. The Kier molecular flexibility index (Phi) is 4.36. The molecule has 0 unspecified atom stereocenters. The molecule has 0 saturated carbocycles. The molecule has 0 radical (unpaired) electrons. The molecule has 2 aromatic rings. The second-order valence-corrected chi connectivity index (χ2v) is 7.92. The maximum absolute atomic E-state index is 13.7. The van der Waals surface area contributed by atoms with Gasteiger partial charge in [-0.05, 0) is 66.0 Å². The summed E-state index contributed by atoms with van der Waals surface area (Å²) in [7, 11) is 0. The summed E-state index contributed by atoms with van der Waals surface area (Å²) in [5, 5.41) is 0. The van der Waals surface area contributed by atoms with Crippen LogP contribution in [-0.4, -0.2) is 5.78 Å². The lowest BCUT2D eigenvalue weighted by Crippen LogP contribution is -2.04. The van der Waals surface area contributed by atoms with E-state index in [4.69, 9.17) is 0 Å². The minimum atomic E-state index is -0.762. The Morgan fingerprint density at radius 1 is 1.00 bits per heavy atom. The van der Waals surface area contributed by atoms with E-state index in [1.54, 1.807) is 6.07 Å². The summed E-state index contributed by atoms with van der Waals surface area (Å²) in [5.74, 6) is -2.00. The van der Waals surface area contributed by atoms with Crippen molar-refractivity contribution in [3.05, 3.63) is 53.0 Å². The molecule has 0 amide bonds. The number of hydrogen-bond acceptors (Lipinski definition) is 2. The lowest BCUT2D eigenvalue weighted by atomic mass is 10.1. The van der Waals surface area contributed by atoms with Crippen molar-refractivity contribution in [3.63, 3.8) is 0 Å². The number of carbonyl (C=O) groups excluding carboxylic acids is 1. The summed E-state index contributed by atoms with van der Waals surface area (Å²) < 4.78 is 28.3. The topological polar surface area (TPSA) is 17.1 Å². The molecule has 0 spiro atoms. The van der Waals surface area contributed by atoms with Crippen LogP contribution in [0, 0.1) is 11.6 Å². The van der Waals surface area contributed by atoms with Crippen LogP contribution in [0.5, 0.6) is 0 Å². The monoisotopic (exact) mass is 458 g/mol. The first-order valence-corrected chi connectivity index (χ1v) is 7.73. The van der Waals surface area contributed by atoms with E-state index in [-0.39, 0.29) is 10.0 Å². The Labute approximate surface area is 131 Å². The van der Waals surface area contributed by atoms with Crippen molar-refractivity contribution in [2.24, 2.45) is 0 Å². The second kappa shape index (κ2) is 5.48. The molecule has 0 aliphatic heterocycles. The molecular formula is C11H3Br3F2OS. The van der Waals surface area contributed by atoms with E-state index in [9.17, 15) is 13.6 Å². The first kappa shape index (κ1) is 14.3. The van der Waals surface area contributed by atoms with Gasteiger partial charge < -0.3 is 0 Å². The van der Waals surface area contributed by atoms with E-state index in [2.05, 4.69) is 47.8 Å². The average molecular weight is 461 g/mol. The Balaban J connectivity index is 2.53. The zero-order chi connectivity index (χ0) is 13.4. The quantitative estimate of drug-likeness (QED) is 0.424. The standard InChI is InChI=1S/C11H3Br3F2OS/c12-6-3-7(15)4(1-8(6)16)10(17)5-2-9(13)18-11(5)14/h1-3H. The number of thiophene rings is 1. The van der Waals surface area contributed by atoms with Gasteiger partial charge in [-0.1, -0.05) is 0 Å². The van der Waals surface area contributed by atoms with Crippen molar-refractivity contribution in [2.45, 2.75) is 0 Å². The highest BCUT2D eigenvalue weighted by molar-refractivity contribution is 9.12. The summed E-state index contributed by atoms with van der Waals surface area (Å²) >= 11 is 10.6. The van der Waals surface area contributed by atoms with Crippen molar-refractivity contribution in [3.8, 4) is 0 Å². The minimum absolute atomic E-state index is 0.0119. The molecule has 94 valence electrons. The summed E-state index contributed by atoms with van der Waals surface area (Å²) in [6.45, 7) is 0. The Hall–Kier alpha value is -0.110. The van der Waals surface area contributed by atoms with Gasteiger partial charge in [-0.25, -0.2) is 8.78 Å². The van der Waals surface area contributed by atoms with Crippen molar-refractivity contribution < 1.29 is 13.6 Å². The lowest BCUT2D eigenvalue weighted by molar-refractivity contribution is 0.103. The van der Waals surface area contributed by atoms with Crippen LogP contribution >= 0.6 is 59.1 Å². The van der Waals surface area contributed by atoms with E-state index in [0.29, 0.717) is 9.35 Å². The number of hydrogen-bond donors (Lipinski definition) is 0. The summed E-state index contributed by atoms with van der Waals surface area (Å²) in [5.41, 5.74) is 0.00852. The molecular weight excluding hydrogens is 458 g/mol. The SMILES string of the molecule is O=C(c1cc(F)c(Br)cc1F)c1cc(Br)sc1Br. The van der Waals surface area contributed by atoms with Gasteiger partial charge in [-0.15, -0.1) is 11.3 Å². The van der Waals surface area contributed by atoms with Crippen LogP contribution in [-0.2, 0) is 0 Å². The van der Waals surface area contributed by atoms with Crippen molar-refractivity contribution in [2.75, 3.05) is 0 Å². The fourth-order valence-corrected chi connectivity index (χ4v) is 4.45. The molecule has 0 fully saturated rings. The zero-order valence-electron chi connectivity index (χ0n) is 8.44. The highest BCUT2D eigenvalue weighted by Gasteiger charge is 2.20. The fraction of sp³-hybridized carbons (Fsp3) is 0. The lowest BCUT2D eigenvalue weighted by Gasteiger charge is -2.03. The Bertz CT molecular complexity index is 639. The van der Waals surface area contributed by atoms with E-state index >= 15 is 0 Å². The maximum Gasteiger partial charge on any atom is 0.198 e. The number of carbonyl (C=O) groups is 1. The molecule has 1 heterocycles. The predicted octanol–water partition coefficient (Wildman–Crippen LogP) is 5.54. The molecule has 1 aromatic carbocycles. The van der Waals surface area contributed by atoms with E-state index < -0.39 is 17.4 Å². The third-order valence-electron chi connectivity index (χ3n) is 2.16. The first-order valence-electron chi connectivity index (χ1n) is 4.54. The molecule has 1 nitrogen and oxygen atoms in total. The summed E-state index contributed by atoms with van der Waals surface area (Å²) in [4.78, 5) is 12.1. The third-order valence-corrected chi connectivity index (χ3v) is 5.10. The largest absolute Gasteiger partial charge is 0.288 e. The number of rotatable bonds is 2. The second-order valence-electron chi connectivity index (χ2n) is 3.31. The van der Waals surface area contributed by atoms with Crippen LogP contribution in [0.15, 0.2) is 30.2 Å². The molecule has 1 aromatic heterocycles. The Morgan fingerprint density at radius 3 is 2.22 bits per heavy atom. The molecule has 0 saturated heterocycles. The van der Waals surface area contributed by atoms with Crippen LogP contribution in [0.2, 0.25) is 0 Å². The maximum atomic E-state index is 13.7. The zero-order valence-corrected chi connectivity index (χ0v) is 14.0. The molecule has 0 N–H and O–H groups in total. The van der Waals surface area contributed by atoms with Gasteiger partial charge in [0.05, 0.1) is 17.6 Å². The van der Waals surface area contributed by atoms with Gasteiger partial charge in [0.15, 0.2) is 5.78 Å². The van der Waals surface area contributed by atoms with Crippen LogP contribution in [0.1, 0.15) is 15.9 Å². The Morgan fingerprint density at radius 2 is 1.67 bits per heavy atom. The van der Waals surface area contributed by atoms with Gasteiger partial charge in [0.1, 0.15) is 11.6 Å². The van der Waals surface area contributed by atoms with Crippen molar-refractivity contribution in [1.29, 1.82) is 0 Å². The number of halogens is 5.